The highest BCUT2D eigenvalue weighted by Crippen LogP contribution is 2.25. The summed E-state index contributed by atoms with van der Waals surface area (Å²) in [6, 6.07) is 10.1. The highest BCUT2D eigenvalue weighted by Gasteiger charge is 2.27. The van der Waals surface area contributed by atoms with Gasteiger partial charge in [-0.2, -0.15) is 0 Å². The van der Waals surface area contributed by atoms with Gasteiger partial charge in [-0.25, -0.2) is 0 Å². The summed E-state index contributed by atoms with van der Waals surface area (Å²) in [6.07, 6.45) is 7.07. The van der Waals surface area contributed by atoms with Crippen molar-refractivity contribution in [3.63, 3.8) is 0 Å². The fourth-order valence-electron chi connectivity index (χ4n) is 2.70. The van der Waals surface area contributed by atoms with Crippen LogP contribution < -0.4 is 11.1 Å². The number of amides is 1. The minimum atomic E-state index is -0.166. The van der Waals surface area contributed by atoms with E-state index in [9.17, 15) is 4.79 Å². The fourth-order valence-corrected chi connectivity index (χ4v) is 2.70. The molecule has 0 radical (unpaired) electrons. The van der Waals surface area contributed by atoms with E-state index in [1.165, 1.54) is 24.8 Å². The SMILES string of the molecule is NC1(CNC(=O)CCc2ccccc2)CCCCC1. The predicted molar refractivity (Wildman–Crippen MR) is 77.8 cm³/mol. The van der Waals surface area contributed by atoms with Crippen molar-refractivity contribution >= 4 is 5.91 Å². The van der Waals surface area contributed by atoms with E-state index in [1.807, 2.05) is 18.2 Å². The van der Waals surface area contributed by atoms with E-state index in [2.05, 4.69) is 17.4 Å². The van der Waals surface area contributed by atoms with Crippen LogP contribution in [-0.2, 0) is 11.2 Å². The molecule has 3 nitrogen and oxygen atoms in total. The summed E-state index contributed by atoms with van der Waals surface area (Å²) >= 11 is 0. The molecular weight excluding hydrogens is 236 g/mol. The van der Waals surface area contributed by atoms with Crippen LogP contribution in [0.25, 0.3) is 0 Å². The van der Waals surface area contributed by atoms with E-state index in [-0.39, 0.29) is 11.4 Å². The van der Waals surface area contributed by atoms with Gasteiger partial charge in [0, 0.05) is 18.5 Å². The van der Waals surface area contributed by atoms with Crippen LogP contribution in [0.2, 0.25) is 0 Å². The maximum Gasteiger partial charge on any atom is 0.220 e. The second-order valence-electron chi connectivity index (χ2n) is 5.69. The van der Waals surface area contributed by atoms with Gasteiger partial charge < -0.3 is 11.1 Å². The first-order valence-corrected chi connectivity index (χ1v) is 7.27. The zero-order valence-electron chi connectivity index (χ0n) is 11.5. The van der Waals surface area contributed by atoms with Gasteiger partial charge >= 0.3 is 0 Å². The van der Waals surface area contributed by atoms with Gasteiger partial charge in [0.15, 0.2) is 0 Å². The van der Waals surface area contributed by atoms with Crippen LogP contribution in [-0.4, -0.2) is 18.0 Å². The number of nitrogens with two attached hydrogens (primary N) is 1. The summed E-state index contributed by atoms with van der Waals surface area (Å²) in [7, 11) is 0. The van der Waals surface area contributed by atoms with Crippen LogP contribution in [0, 0.1) is 0 Å². The van der Waals surface area contributed by atoms with Gasteiger partial charge in [-0.15, -0.1) is 0 Å². The predicted octanol–water partition coefficient (Wildman–Crippen LogP) is 2.40. The van der Waals surface area contributed by atoms with Crippen LogP contribution in [0.15, 0.2) is 30.3 Å². The number of carbonyl (C=O) groups excluding carboxylic acids is 1. The van der Waals surface area contributed by atoms with Gasteiger partial charge in [-0.3, -0.25) is 4.79 Å². The largest absolute Gasteiger partial charge is 0.354 e. The first kappa shape index (κ1) is 14.1. The number of carbonyl (C=O) groups is 1. The molecule has 0 atom stereocenters. The summed E-state index contributed by atoms with van der Waals surface area (Å²) in [5.74, 6) is 0.110. The number of aryl methyl sites for hydroxylation is 1. The Labute approximate surface area is 115 Å². The van der Waals surface area contributed by atoms with Crippen LogP contribution in [0.3, 0.4) is 0 Å². The summed E-state index contributed by atoms with van der Waals surface area (Å²) in [5, 5.41) is 3.00. The summed E-state index contributed by atoms with van der Waals surface area (Å²) in [4.78, 5) is 11.8. The van der Waals surface area contributed by atoms with Crippen molar-refractivity contribution in [1.29, 1.82) is 0 Å². The van der Waals surface area contributed by atoms with E-state index < -0.39 is 0 Å². The molecule has 3 N–H and O–H groups in total. The zero-order valence-corrected chi connectivity index (χ0v) is 11.5. The summed E-state index contributed by atoms with van der Waals surface area (Å²) < 4.78 is 0. The third-order valence-electron chi connectivity index (χ3n) is 3.97. The molecule has 1 aromatic rings. The molecule has 104 valence electrons. The van der Waals surface area contributed by atoms with Crippen molar-refractivity contribution in [2.75, 3.05) is 6.54 Å². The molecule has 0 saturated heterocycles. The number of hydrogen-bond donors (Lipinski definition) is 2. The molecule has 0 unspecified atom stereocenters. The highest BCUT2D eigenvalue weighted by molar-refractivity contribution is 5.76. The minimum Gasteiger partial charge on any atom is -0.354 e. The molecule has 0 bridgehead atoms. The van der Waals surface area contributed by atoms with E-state index >= 15 is 0 Å². The molecule has 1 saturated carbocycles. The number of nitrogens with one attached hydrogen (secondary N) is 1. The maximum atomic E-state index is 11.8. The van der Waals surface area contributed by atoms with Gasteiger partial charge in [0.2, 0.25) is 5.91 Å². The quantitative estimate of drug-likeness (QED) is 0.854. The lowest BCUT2D eigenvalue weighted by molar-refractivity contribution is -0.121. The minimum absolute atomic E-state index is 0.110. The molecule has 1 aromatic carbocycles. The fraction of sp³-hybridized carbons (Fsp3) is 0.562. The molecule has 1 amide bonds. The third-order valence-corrected chi connectivity index (χ3v) is 3.97. The normalized spacial score (nSPS) is 17.9. The molecule has 0 spiro atoms. The van der Waals surface area contributed by atoms with Crippen molar-refractivity contribution in [2.45, 2.75) is 50.5 Å². The van der Waals surface area contributed by atoms with Crippen LogP contribution in [0.1, 0.15) is 44.1 Å². The zero-order chi connectivity index (χ0) is 13.6. The molecule has 0 aromatic heterocycles. The smallest absolute Gasteiger partial charge is 0.220 e. The molecular formula is C16H24N2O. The number of rotatable bonds is 5. The maximum absolute atomic E-state index is 11.8. The molecule has 1 fully saturated rings. The lowest BCUT2D eigenvalue weighted by Gasteiger charge is -2.33. The van der Waals surface area contributed by atoms with Gasteiger partial charge in [0.1, 0.15) is 0 Å². The van der Waals surface area contributed by atoms with Crippen LogP contribution in [0.5, 0.6) is 0 Å². The summed E-state index contributed by atoms with van der Waals surface area (Å²) in [6.45, 7) is 0.626. The lowest BCUT2D eigenvalue weighted by atomic mass is 9.82. The standard InChI is InChI=1S/C16H24N2O/c17-16(11-5-2-6-12-16)13-18-15(19)10-9-14-7-3-1-4-8-14/h1,3-4,7-8H,2,5-6,9-13,17H2,(H,18,19). The Balaban J connectivity index is 1.70. The first-order valence-electron chi connectivity index (χ1n) is 7.27. The second-order valence-corrected chi connectivity index (χ2v) is 5.69. The van der Waals surface area contributed by atoms with Crippen LogP contribution >= 0.6 is 0 Å². The van der Waals surface area contributed by atoms with Gasteiger partial charge in [-0.05, 0) is 24.8 Å². The van der Waals surface area contributed by atoms with E-state index in [0.717, 1.165) is 19.3 Å². The number of hydrogen-bond acceptors (Lipinski definition) is 2. The molecule has 0 heterocycles. The monoisotopic (exact) mass is 260 g/mol. The van der Waals surface area contributed by atoms with Gasteiger partial charge in [0.25, 0.3) is 0 Å². The molecule has 2 rings (SSSR count). The topological polar surface area (TPSA) is 55.1 Å². The van der Waals surface area contributed by atoms with Crippen molar-refractivity contribution in [3.8, 4) is 0 Å². The Morgan fingerprint density at radius 3 is 2.53 bits per heavy atom. The van der Waals surface area contributed by atoms with E-state index in [1.54, 1.807) is 0 Å². The average molecular weight is 260 g/mol. The van der Waals surface area contributed by atoms with Crippen molar-refractivity contribution in [2.24, 2.45) is 5.73 Å². The van der Waals surface area contributed by atoms with Gasteiger partial charge in [0.05, 0.1) is 0 Å². The highest BCUT2D eigenvalue weighted by atomic mass is 16.1. The van der Waals surface area contributed by atoms with Gasteiger partial charge in [-0.1, -0.05) is 49.6 Å². The molecule has 3 heteroatoms. The van der Waals surface area contributed by atoms with Crippen molar-refractivity contribution < 1.29 is 4.79 Å². The second kappa shape index (κ2) is 6.71. The first-order chi connectivity index (χ1) is 9.18. The summed E-state index contributed by atoms with van der Waals surface area (Å²) in [5.41, 5.74) is 7.34. The number of benzene rings is 1. The molecule has 19 heavy (non-hydrogen) atoms. The lowest BCUT2D eigenvalue weighted by Crippen LogP contribution is -2.51. The van der Waals surface area contributed by atoms with Crippen molar-refractivity contribution in [3.05, 3.63) is 35.9 Å². The average Bonchev–Trinajstić information content (AvgIpc) is 2.45. The Kier molecular flexibility index (Phi) is 4.97. The van der Waals surface area contributed by atoms with Crippen molar-refractivity contribution in [1.82, 2.24) is 5.32 Å². The van der Waals surface area contributed by atoms with E-state index in [4.69, 9.17) is 5.73 Å². The Morgan fingerprint density at radius 2 is 1.84 bits per heavy atom. The molecule has 1 aliphatic rings. The third kappa shape index (κ3) is 4.67. The Hall–Kier alpha value is -1.35. The molecule has 1 aliphatic carbocycles. The van der Waals surface area contributed by atoms with E-state index in [0.29, 0.717) is 13.0 Å². The Morgan fingerprint density at radius 1 is 1.16 bits per heavy atom. The molecule has 0 aliphatic heterocycles. The Bertz CT molecular complexity index is 396. The van der Waals surface area contributed by atoms with Crippen LogP contribution in [0.4, 0.5) is 0 Å².